The van der Waals surface area contributed by atoms with Crippen LogP contribution in [0.3, 0.4) is 0 Å². The van der Waals surface area contributed by atoms with E-state index in [1.165, 1.54) is 12.4 Å². The van der Waals surface area contributed by atoms with Crippen LogP contribution >= 0.6 is 0 Å². The Morgan fingerprint density at radius 1 is 1.23 bits per heavy atom. The molecule has 7 heteroatoms. The van der Waals surface area contributed by atoms with E-state index in [0.29, 0.717) is 23.7 Å². The normalized spacial score (nSPS) is 22.5. The molecule has 2 atom stereocenters. The highest BCUT2D eigenvalue weighted by molar-refractivity contribution is 5.35. The van der Waals surface area contributed by atoms with Crippen molar-refractivity contribution in [1.82, 2.24) is 14.8 Å². The van der Waals surface area contributed by atoms with Gasteiger partial charge in [-0.2, -0.15) is 5.10 Å². The van der Waals surface area contributed by atoms with Crippen molar-refractivity contribution in [2.45, 2.75) is 25.4 Å². The van der Waals surface area contributed by atoms with Crippen LogP contribution in [-0.4, -0.2) is 27.5 Å². The highest BCUT2D eigenvalue weighted by atomic mass is 19.1. The summed E-state index contributed by atoms with van der Waals surface area (Å²) in [6.07, 6.45) is 2.81. The SMILES string of the molecule is CC1COC(Cn2cncn2)(c2ccc(Oc3ccccc3)cc2F)O1. The number of hydrogen-bond acceptors (Lipinski definition) is 5. The third kappa shape index (κ3) is 3.31. The Labute approximate surface area is 150 Å². The zero-order valence-corrected chi connectivity index (χ0v) is 14.2. The van der Waals surface area contributed by atoms with Crippen LogP contribution in [-0.2, 0) is 21.8 Å². The van der Waals surface area contributed by atoms with E-state index in [0.717, 1.165) is 0 Å². The van der Waals surface area contributed by atoms with E-state index in [4.69, 9.17) is 14.2 Å². The van der Waals surface area contributed by atoms with E-state index in [1.54, 1.807) is 23.1 Å². The molecule has 0 bridgehead atoms. The van der Waals surface area contributed by atoms with E-state index >= 15 is 0 Å². The van der Waals surface area contributed by atoms with Crippen molar-refractivity contribution in [1.29, 1.82) is 0 Å². The van der Waals surface area contributed by atoms with Crippen LogP contribution in [0.1, 0.15) is 12.5 Å². The molecule has 2 aromatic carbocycles. The van der Waals surface area contributed by atoms with Crippen molar-refractivity contribution < 1.29 is 18.6 Å². The Kier molecular flexibility index (Phi) is 4.40. The highest BCUT2D eigenvalue weighted by Crippen LogP contribution is 2.38. The summed E-state index contributed by atoms with van der Waals surface area (Å²) in [4.78, 5) is 3.92. The minimum atomic E-state index is -1.25. The number of hydrogen-bond donors (Lipinski definition) is 0. The van der Waals surface area contributed by atoms with Gasteiger partial charge in [0.05, 0.1) is 12.7 Å². The van der Waals surface area contributed by atoms with Crippen LogP contribution in [0.25, 0.3) is 0 Å². The number of nitrogens with zero attached hydrogens (tertiary/aromatic N) is 3. The molecule has 0 radical (unpaired) electrons. The summed E-state index contributed by atoms with van der Waals surface area (Å²) in [6, 6.07) is 13.9. The largest absolute Gasteiger partial charge is 0.457 e. The average Bonchev–Trinajstić information content (AvgIpc) is 3.26. The summed E-state index contributed by atoms with van der Waals surface area (Å²) >= 11 is 0. The van der Waals surface area contributed by atoms with Crippen LogP contribution < -0.4 is 4.74 Å². The molecule has 1 aliphatic rings. The quantitative estimate of drug-likeness (QED) is 0.701. The molecule has 1 aromatic heterocycles. The lowest BCUT2D eigenvalue weighted by Crippen LogP contribution is -2.34. The first kappa shape index (κ1) is 16.7. The van der Waals surface area contributed by atoms with Gasteiger partial charge in [0.2, 0.25) is 5.79 Å². The third-order valence-corrected chi connectivity index (χ3v) is 4.11. The molecule has 0 aliphatic carbocycles. The third-order valence-electron chi connectivity index (χ3n) is 4.11. The second-order valence-electron chi connectivity index (χ2n) is 6.14. The average molecular weight is 355 g/mol. The molecule has 6 nitrogen and oxygen atoms in total. The van der Waals surface area contributed by atoms with Crippen molar-refractivity contribution in [2.24, 2.45) is 0 Å². The molecule has 2 heterocycles. The van der Waals surface area contributed by atoms with Crippen molar-refractivity contribution in [3.05, 3.63) is 72.6 Å². The Balaban J connectivity index is 1.64. The maximum Gasteiger partial charge on any atom is 0.218 e. The fourth-order valence-electron chi connectivity index (χ4n) is 2.97. The monoisotopic (exact) mass is 355 g/mol. The van der Waals surface area contributed by atoms with Gasteiger partial charge in [0, 0.05) is 11.6 Å². The smallest absolute Gasteiger partial charge is 0.218 e. The van der Waals surface area contributed by atoms with Gasteiger partial charge < -0.3 is 14.2 Å². The van der Waals surface area contributed by atoms with Crippen molar-refractivity contribution in [2.75, 3.05) is 6.61 Å². The van der Waals surface area contributed by atoms with Crippen molar-refractivity contribution in [3.63, 3.8) is 0 Å². The van der Waals surface area contributed by atoms with Gasteiger partial charge in [-0.3, -0.25) is 0 Å². The summed E-state index contributed by atoms with van der Waals surface area (Å²) in [5.41, 5.74) is 0.303. The van der Waals surface area contributed by atoms with E-state index in [2.05, 4.69) is 10.1 Å². The molecular formula is C19H18FN3O3. The van der Waals surface area contributed by atoms with Crippen molar-refractivity contribution >= 4 is 0 Å². The van der Waals surface area contributed by atoms with Gasteiger partial charge in [0.1, 0.15) is 36.5 Å². The lowest BCUT2D eigenvalue weighted by atomic mass is 10.0. The van der Waals surface area contributed by atoms with E-state index in [1.807, 2.05) is 37.3 Å². The van der Waals surface area contributed by atoms with E-state index < -0.39 is 11.6 Å². The number of halogens is 1. The number of benzene rings is 2. The van der Waals surface area contributed by atoms with Crippen LogP contribution in [0, 0.1) is 5.82 Å². The second-order valence-corrected chi connectivity index (χ2v) is 6.14. The molecule has 2 unspecified atom stereocenters. The Morgan fingerprint density at radius 2 is 2.08 bits per heavy atom. The molecule has 26 heavy (non-hydrogen) atoms. The maximum absolute atomic E-state index is 14.9. The molecule has 0 amide bonds. The van der Waals surface area contributed by atoms with Crippen LogP contribution in [0.4, 0.5) is 4.39 Å². The van der Waals surface area contributed by atoms with Gasteiger partial charge in [0.15, 0.2) is 0 Å². The molecule has 0 N–H and O–H groups in total. The molecular weight excluding hydrogens is 337 g/mol. The van der Waals surface area contributed by atoms with Gasteiger partial charge >= 0.3 is 0 Å². The lowest BCUT2D eigenvalue weighted by Gasteiger charge is -2.28. The van der Waals surface area contributed by atoms with E-state index in [9.17, 15) is 4.39 Å². The molecule has 1 aliphatic heterocycles. The van der Waals surface area contributed by atoms with Crippen LogP contribution in [0.5, 0.6) is 11.5 Å². The lowest BCUT2D eigenvalue weighted by molar-refractivity contribution is -0.188. The molecule has 1 saturated heterocycles. The fraction of sp³-hybridized carbons (Fsp3) is 0.263. The summed E-state index contributed by atoms with van der Waals surface area (Å²) in [5, 5.41) is 4.08. The standard InChI is InChI=1S/C19H18FN3O3/c1-14-10-24-19(26-14,11-23-13-21-12-22-23)17-8-7-16(9-18(17)20)25-15-5-3-2-4-6-15/h2-9,12-14H,10-11H2,1H3. The van der Waals surface area contributed by atoms with Gasteiger partial charge in [-0.25, -0.2) is 14.1 Å². The van der Waals surface area contributed by atoms with Crippen LogP contribution in [0.15, 0.2) is 61.2 Å². The topological polar surface area (TPSA) is 58.4 Å². The molecule has 0 spiro atoms. The molecule has 1 fully saturated rings. The fourth-order valence-corrected chi connectivity index (χ4v) is 2.97. The second kappa shape index (κ2) is 6.86. The molecule has 0 saturated carbocycles. The summed E-state index contributed by atoms with van der Waals surface area (Å²) < 4.78 is 34.0. The number of aromatic nitrogens is 3. The number of para-hydroxylation sites is 1. The maximum atomic E-state index is 14.9. The summed E-state index contributed by atoms with van der Waals surface area (Å²) in [5.74, 6) is -0.673. The van der Waals surface area contributed by atoms with Crippen molar-refractivity contribution in [3.8, 4) is 11.5 Å². The molecule has 3 aromatic rings. The minimum absolute atomic E-state index is 0.154. The Morgan fingerprint density at radius 3 is 2.73 bits per heavy atom. The van der Waals surface area contributed by atoms with Gasteiger partial charge in [-0.15, -0.1) is 0 Å². The minimum Gasteiger partial charge on any atom is -0.457 e. The van der Waals surface area contributed by atoms with E-state index in [-0.39, 0.29) is 12.6 Å². The zero-order valence-electron chi connectivity index (χ0n) is 14.2. The first-order valence-electron chi connectivity index (χ1n) is 8.32. The number of ether oxygens (including phenoxy) is 3. The predicted molar refractivity (Wildman–Crippen MR) is 91.1 cm³/mol. The first-order valence-corrected chi connectivity index (χ1v) is 8.32. The molecule has 134 valence electrons. The number of rotatable bonds is 5. The Hall–Kier alpha value is -2.77. The van der Waals surface area contributed by atoms with Gasteiger partial charge in [-0.1, -0.05) is 18.2 Å². The summed E-state index contributed by atoms with van der Waals surface area (Å²) in [7, 11) is 0. The zero-order chi connectivity index (χ0) is 18.0. The van der Waals surface area contributed by atoms with Gasteiger partial charge in [-0.05, 0) is 31.2 Å². The molecule has 4 rings (SSSR count). The first-order chi connectivity index (χ1) is 12.6. The van der Waals surface area contributed by atoms with Crippen LogP contribution in [0.2, 0.25) is 0 Å². The Bertz CT molecular complexity index is 873. The highest BCUT2D eigenvalue weighted by Gasteiger charge is 2.44. The van der Waals surface area contributed by atoms with Gasteiger partial charge in [0.25, 0.3) is 0 Å². The predicted octanol–water partition coefficient (Wildman–Crippen LogP) is 3.50. The summed E-state index contributed by atoms with van der Waals surface area (Å²) in [6.45, 7) is 2.46.